The van der Waals surface area contributed by atoms with Crippen LogP contribution in [0.3, 0.4) is 0 Å². The molecule has 2 heterocycles. The molecule has 0 saturated heterocycles. The van der Waals surface area contributed by atoms with Crippen LogP contribution in [0.5, 0.6) is 0 Å². The standard InChI is InChI=1S/C22H16ClN3O2/c23-18-8-6-16(7-9-18)21-19-10-11-26(14-20(19)25-28-21)22(27)17(13-24)12-15-4-2-1-3-5-15/h1-9,12H,10-11,14H2/b17-12+. The van der Waals surface area contributed by atoms with E-state index in [-0.39, 0.29) is 11.5 Å². The maximum atomic E-state index is 12.8. The lowest BCUT2D eigenvalue weighted by Crippen LogP contribution is -2.36. The van der Waals surface area contributed by atoms with Crippen molar-refractivity contribution in [2.24, 2.45) is 0 Å². The molecule has 3 aromatic rings. The summed E-state index contributed by atoms with van der Waals surface area (Å²) in [6.45, 7) is 0.820. The summed E-state index contributed by atoms with van der Waals surface area (Å²) in [6.07, 6.45) is 2.23. The minimum Gasteiger partial charge on any atom is -0.356 e. The Morgan fingerprint density at radius 1 is 1.18 bits per heavy atom. The van der Waals surface area contributed by atoms with Crippen molar-refractivity contribution < 1.29 is 9.32 Å². The average molecular weight is 390 g/mol. The average Bonchev–Trinajstić information content (AvgIpc) is 3.16. The van der Waals surface area contributed by atoms with E-state index in [1.807, 2.05) is 48.5 Å². The zero-order chi connectivity index (χ0) is 19.5. The molecule has 0 aliphatic carbocycles. The van der Waals surface area contributed by atoms with Gasteiger partial charge in [-0.2, -0.15) is 5.26 Å². The van der Waals surface area contributed by atoms with Crippen LogP contribution in [0, 0.1) is 11.3 Å². The van der Waals surface area contributed by atoms with Gasteiger partial charge in [-0.1, -0.05) is 47.1 Å². The lowest BCUT2D eigenvalue weighted by molar-refractivity contribution is -0.127. The number of hydrogen-bond acceptors (Lipinski definition) is 4. The summed E-state index contributed by atoms with van der Waals surface area (Å²) in [6, 6.07) is 18.7. The summed E-state index contributed by atoms with van der Waals surface area (Å²) in [5.74, 6) is 0.409. The van der Waals surface area contributed by atoms with Gasteiger partial charge in [0.05, 0.1) is 6.54 Å². The Balaban J connectivity index is 1.56. The first kappa shape index (κ1) is 18.0. The largest absolute Gasteiger partial charge is 0.356 e. The number of nitriles is 1. The lowest BCUT2D eigenvalue weighted by Gasteiger charge is -2.25. The van der Waals surface area contributed by atoms with Gasteiger partial charge in [-0.25, -0.2) is 0 Å². The fourth-order valence-corrected chi connectivity index (χ4v) is 3.39. The Bertz CT molecular complexity index is 1080. The molecule has 0 unspecified atom stereocenters. The molecule has 1 aliphatic rings. The van der Waals surface area contributed by atoms with Gasteiger partial charge in [0.15, 0.2) is 5.76 Å². The van der Waals surface area contributed by atoms with Crippen molar-refractivity contribution in [3.63, 3.8) is 0 Å². The molecular formula is C22H16ClN3O2. The van der Waals surface area contributed by atoms with E-state index in [0.717, 1.165) is 22.4 Å². The van der Waals surface area contributed by atoms with Gasteiger partial charge in [-0.05, 0) is 42.3 Å². The Morgan fingerprint density at radius 3 is 2.64 bits per heavy atom. The summed E-state index contributed by atoms with van der Waals surface area (Å²) in [7, 11) is 0. The van der Waals surface area contributed by atoms with Crippen LogP contribution < -0.4 is 0 Å². The summed E-state index contributed by atoms with van der Waals surface area (Å²) in [4.78, 5) is 14.5. The van der Waals surface area contributed by atoms with E-state index in [2.05, 4.69) is 5.16 Å². The molecule has 0 atom stereocenters. The molecule has 0 saturated carbocycles. The Hall–Kier alpha value is -3.36. The Kier molecular flexibility index (Phi) is 4.96. The highest BCUT2D eigenvalue weighted by Gasteiger charge is 2.28. The summed E-state index contributed by atoms with van der Waals surface area (Å²) in [5.41, 5.74) is 3.55. The SMILES string of the molecule is N#C/C(=C\c1ccccc1)C(=O)N1CCc2c(noc2-c2ccc(Cl)cc2)C1. The first-order valence-corrected chi connectivity index (χ1v) is 9.23. The number of halogens is 1. The Labute approximate surface area is 167 Å². The van der Waals surface area contributed by atoms with Gasteiger partial charge in [-0.3, -0.25) is 4.79 Å². The van der Waals surface area contributed by atoms with Crippen molar-refractivity contribution in [3.8, 4) is 17.4 Å². The quantitative estimate of drug-likeness (QED) is 0.489. The summed E-state index contributed by atoms with van der Waals surface area (Å²) < 4.78 is 5.54. The number of carbonyl (C=O) groups excluding carboxylic acids is 1. The summed E-state index contributed by atoms with van der Waals surface area (Å²) >= 11 is 5.95. The van der Waals surface area contributed by atoms with Gasteiger partial charge in [0.1, 0.15) is 17.3 Å². The zero-order valence-electron chi connectivity index (χ0n) is 14.9. The van der Waals surface area contributed by atoms with E-state index >= 15 is 0 Å². The van der Waals surface area contributed by atoms with Crippen molar-refractivity contribution in [1.29, 1.82) is 5.26 Å². The lowest BCUT2D eigenvalue weighted by atomic mass is 10.00. The highest BCUT2D eigenvalue weighted by molar-refractivity contribution is 6.30. The predicted octanol–water partition coefficient (Wildman–Crippen LogP) is 4.49. The van der Waals surface area contributed by atoms with Crippen LogP contribution >= 0.6 is 11.6 Å². The molecule has 6 heteroatoms. The maximum absolute atomic E-state index is 12.8. The van der Waals surface area contributed by atoms with Gasteiger partial charge >= 0.3 is 0 Å². The molecule has 5 nitrogen and oxygen atoms in total. The first-order chi connectivity index (χ1) is 13.7. The number of fused-ring (bicyclic) bond motifs is 1. The van der Waals surface area contributed by atoms with E-state index in [0.29, 0.717) is 30.3 Å². The zero-order valence-corrected chi connectivity index (χ0v) is 15.7. The second-order valence-corrected chi connectivity index (χ2v) is 6.94. The van der Waals surface area contributed by atoms with E-state index in [4.69, 9.17) is 16.1 Å². The number of nitrogens with zero attached hydrogens (tertiary/aromatic N) is 3. The van der Waals surface area contributed by atoms with Gasteiger partial charge in [0.2, 0.25) is 0 Å². The molecule has 28 heavy (non-hydrogen) atoms. The molecule has 0 N–H and O–H groups in total. The van der Waals surface area contributed by atoms with E-state index in [1.54, 1.807) is 23.1 Å². The van der Waals surface area contributed by atoms with Crippen LogP contribution in [0.15, 0.2) is 64.7 Å². The van der Waals surface area contributed by atoms with E-state index < -0.39 is 0 Å². The van der Waals surface area contributed by atoms with Crippen LogP contribution in [0.1, 0.15) is 16.8 Å². The van der Waals surface area contributed by atoms with Crippen LogP contribution in [-0.2, 0) is 17.8 Å². The third-order valence-corrected chi connectivity index (χ3v) is 4.95. The minimum absolute atomic E-state index is 0.107. The molecule has 2 aromatic carbocycles. The monoisotopic (exact) mass is 389 g/mol. The molecular weight excluding hydrogens is 374 g/mol. The number of aromatic nitrogens is 1. The van der Waals surface area contributed by atoms with Crippen LogP contribution in [0.2, 0.25) is 5.02 Å². The third kappa shape index (κ3) is 3.55. The Morgan fingerprint density at radius 2 is 1.93 bits per heavy atom. The summed E-state index contributed by atoms with van der Waals surface area (Å²) in [5, 5.41) is 14.3. The van der Waals surface area contributed by atoms with Gasteiger partial charge in [0, 0.05) is 22.7 Å². The number of carbonyl (C=O) groups is 1. The second-order valence-electron chi connectivity index (χ2n) is 6.50. The molecule has 1 aromatic heterocycles. The number of amides is 1. The highest BCUT2D eigenvalue weighted by atomic mass is 35.5. The normalized spacial score (nSPS) is 13.7. The van der Waals surface area contributed by atoms with E-state index in [1.165, 1.54) is 0 Å². The molecule has 138 valence electrons. The maximum Gasteiger partial charge on any atom is 0.264 e. The topological polar surface area (TPSA) is 70.1 Å². The van der Waals surface area contributed by atoms with Gasteiger partial charge in [0.25, 0.3) is 5.91 Å². The molecule has 1 aliphatic heterocycles. The molecule has 0 spiro atoms. The molecule has 0 fully saturated rings. The number of benzene rings is 2. The fourth-order valence-electron chi connectivity index (χ4n) is 3.26. The smallest absolute Gasteiger partial charge is 0.264 e. The molecule has 4 rings (SSSR count). The highest BCUT2D eigenvalue weighted by Crippen LogP contribution is 2.31. The third-order valence-electron chi connectivity index (χ3n) is 4.70. The van der Waals surface area contributed by atoms with Gasteiger partial charge < -0.3 is 9.42 Å². The van der Waals surface area contributed by atoms with Crippen LogP contribution in [0.25, 0.3) is 17.4 Å². The van der Waals surface area contributed by atoms with Crippen LogP contribution in [-0.4, -0.2) is 22.5 Å². The predicted molar refractivity (Wildman–Crippen MR) is 106 cm³/mol. The number of rotatable bonds is 3. The van der Waals surface area contributed by atoms with Crippen molar-refractivity contribution in [1.82, 2.24) is 10.1 Å². The van der Waals surface area contributed by atoms with Crippen molar-refractivity contribution in [2.75, 3.05) is 6.54 Å². The number of hydrogen-bond donors (Lipinski definition) is 0. The first-order valence-electron chi connectivity index (χ1n) is 8.85. The van der Waals surface area contributed by atoms with Crippen molar-refractivity contribution >= 4 is 23.6 Å². The fraction of sp³-hybridized carbons (Fsp3) is 0.136. The van der Waals surface area contributed by atoms with E-state index in [9.17, 15) is 10.1 Å². The minimum atomic E-state index is -0.298. The van der Waals surface area contributed by atoms with Crippen molar-refractivity contribution in [3.05, 3.63) is 82.0 Å². The molecule has 1 amide bonds. The molecule has 0 radical (unpaired) electrons. The molecule has 0 bridgehead atoms. The van der Waals surface area contributed by atoms with Crippen molar-refractivity contribution in [2.45, 2.75) is 13.0 Å². The van der Waals surface area contributed by atoms with Gasteiger partial charge in [-0.15, -0.1) is 0 Å². The van der Waals surface area contributed by atoms with Crippen LogP contribution in [0.4, 0.5) is 0 Å². The second kappa shape index (κ2) is 7.71.